The molecule has 1 fully saturated rings. The predicted octanol–water partition coefficient (Wildman–Crippen LogP) is 3.87. The number of nitrogens with one attached hydrogen (secondary N) is 1. The number of hydrogen-bond acceptors (Lipinski definition) is 4. The number of benzene rings is 2. The van der Waals surface area contributed by atoms with Crippen LogP contribution in [0.15, 0.2) is 42.5 Å². The van der Waals surface area contributed by atoms with Crippen molar-refractivity contribution in [3.63, 3.8) is 0 Å². The summed E-state index contributed by atoms with van der Waals surface area (Å²) >= 11 is 5.63. The fourth-order valence-electron chi connectivity index (χ4n) is 2.79. The van der Waals surface area contributed by atoms with Gasteiger partial charge in [0, 0.05) is 29.5 Å². The molecule has 3 rings (SSSR count). The standard InChI is InChI=1S/C19H18ClFN2O3/c20-13-3-8-16(17(21)11-13)19(25)26-12-18(24)22-14-4-6-15(7-5-14)23-9-1-2-10-23/h3-8,11H,1-2,9-10,12H2,(H,22,24). The number of amides is 1. The highest BCUT2D eigenvalue weighted by Crippen LogP contribution is 2.22. The summed E-state index contributed by atoms with van der Waals surface area (Å²) in [5, 5.41) is 2.82. The van der Waals surface area contributed by atoms with Crippen molar-refractivity contribution in [3.05, 3.63) is 58.9 Å². The van der Waals surface area contributed by atoms with Crippen molar-refractivity contribution in [1.82, 2.24) is 0 Å². The number of carbonyl (C=O) groups excluding carboxylic acids is 2. The second-order valence-electron chi connectivity index (χ2n) is 5.99. The lowest BCUT2D eigenvalue weighted by Crippen LogP contribution is -2.21. The molecule has 0 aromatic heterocycles. The summed E-state index contributed by atoms with van der Waals surface area (Å²) in [7, 11) is 0. The summed E-state index contributed by atoms with van der Waals surface area (Å²) in [5.41, 5.74) is 1.45. The highest BCUT2D eigenvalue weighted by molar-refractivity contribution is 6.30. The molecule has 0 atom stereocenters. The van der Waals surface area contributed by atoms with Gasteiger partial charge in [0.05, 0.1) is 5.56 Å². The van der Waals surface area contributed by atoms with Gasteiger partial charge in [-0.15, -0.1) is 0 Å². The van der Waals surface area contributed by atoms with Crippen molar-refractivity contribution in [3.8, 4) is 0 Å². The van der Waals surface area contributed by atoms with Crippen molar-refractivity contribution in [2.75, 3.05) is 29.9 Å². The smallest absolute Gasteiger partial charge is 0.341 e. The Morgan fingerprint density at radius 3 is 2.46 bits per heavy atom. The molecule has 1 aliphatic rings. The summed E-state index contributed by atoms with van der Waals surface area (Å²) in [6, 6.07) is 11.1. The third-order valence-electron chi connectivity index (χ3n) is 4.11. The van der Waals surface area contributed by atoms with Crippen molar-refractivity contribution in [2.24, 2.45) is 0 Å². The van der Waals surface area contributed by atoms with Crippen LogP contribution in [0.1, 0.15) is 23.2 Å². The minimum atomic E-state index is -0.918. The Morgan fingerprint density at radius 2 is 1.81 bits per heavy atom. The monoisotopic (exact) mass is 376 g/mol. The number of nitrogens with zero attached hydrogens (tertiary/aromatic N) is 1. The number of ether oxygens (including phenoxy) is 1. The molecule has 1 N–H and O–H groups in total. The molecule has 1 amide bonds. The van der Waals surface area contributed by atoms with Crippen molar-refractivity contribution < 1.29 is 18.7 Å². The van der Waals surface area contributed by atoms with Crippen LogP contribution in [0.2, 0.25) is 5.02 Å². The predicted molar refractivity (Wildman–Crippen MR) is 98.2 cm³/mol. The van der Waals surface area contributed by atoms with Crippen molar-refractivity contribution in [1.29, 1.82) is 0 Å². The Labute approximate surface area is 155 Å². The molecular formula is C19H18ClFN2O3. The molecule has 0 saturated carbocycles. The largest absolute Gasteiger partial charge is 0.452 e. The zero-order valence-electron chi connectivity index (χ0n) is 14.0. The summed E-state index contributed by atoms with van der Waals surface area (Å²) in [6.07, 6.45) is 2.39. The van der Waals surface area contributed by atoms with Gasteiger partial charge in [0.1, 0.15) is 5.82 Å². The molecular weight excluding hydrogens is 359 g/mol. The highest BCUT2D eigenvalue weighted by atomic mass is 35.5. The van der Waals surface area contributed by atoms with Crippen LogP contribution in [0.5, 0.6) is 0 Å². The van der Waals surface area contributed by atoms with Gasteiger partial charge in [-0.2, -0.15) is 0 Å². The van der Waals surface area contributed by atoms with E-state index in [1.165, 1.54) is 25.0 Å². The zero-order valence-corrected chi connectivity index (χ0v) is 14.8. The van der Waals surface area contributed by atoms with E-state index in [1.807, 2.05) is 12.1 Å². The normalized spacial score (nSPS) is 13.5. The first kappa shape index (κ1) is 18.2. The molecule has 2 aromatic rings. The molecule has 1 heterocycles. The zero-order chi connectivity index (χ0) is 18.5. The number of halogens is 2. The van der Waals surface area contributed by atoms with Crippen LogP contribution in [0.4, 0.5) is 15.8 Å². The Balaban J connectivity index is 1.51. The molecule has 1 saturated heterocycles. The number of anilines is 2. The summed E-state index contributed by atoms with van der Waals surface area (Å²) < 4.78 is 18.5. The van der Waals surface area contributed by atoms with Gasteiger partial charge in [-0.05, 0) is 55.3 Å². The lowest BCUT2D eigenvalue weighted by Gasteiger charge is -2.17. The topological polar surface area (TPSA) is 58.6 Å². The van der Waals surface area contributed by atoms with E-state index >= 15 is 0 Å². The molecule has 1 aliphatic heterocycles. The van der Waals surface area contributed by atoms with Crippen LogP contribution in [0.3, 0.4) is 0 Å². The average molecular weight is 377 g/mol. The first-order valence-electron chi connectivity index (χ1n) is 8.30. The average Bonchev–Trinajstić information content (AvgIpc) is 3.15. The van der Waals surface area contributed by atoms with Crippen LogP contribution in [0.25, 0.3) is 0 Å². The van der Waals surface area contributed by atoms with Crippen LogP contribution in [-0.4, -0.2) is 31.6 Å². The van der Waals surface area contributed by atoms with Crippen LogP contribution in [-0.2, 0) is 9.53 Å². The minimum Gasteiger partial charge on any atom is -0.452 e. The van der Waals surface area contributed by atoms with Crippen LogP contribution >= 0.6 is 11.6 Å². The first-order chi connectivity index (χ1) is 12.5. The number of carbonyl (C=O) groups is 2. The first-order valence-corrected chi connectivity index (χ1v) is 8.68. The van der Waals surface area contributed by atoms with Crippen molar-refractivity contribution >= 4 is 34.9 Å². The molecule has 136 valence electrons. The fourth-order valence-corrected chi connectivity index (χ4v) is 2.95. The number of esters is 1. The molecule has 0 unspecified atom stereocenters. The molecule has 26 heavy (non-hydrogen) atoms. The maximum atomic E-state index is 13.6. The quantitative estimate of drug-likeness (QED) is 0.805. The van der Waals surface area contributed by atoms with E-state index in [4.69, 9.17) is 16.3 Å². The third-order valence-corrected chi connectivity index (χ3v) is 4.34. The third kappa shape index (κ3) is 4.52. The fraction of sp³-hybridized carbons (Fsp3) is 0.263. The number of rotatable bonds is 5. The van der Waals surface area contributed by atoms with E-state index in [9.17, 15) is 14.0 Å². The lowest BCUT2D eigenvalue weighted by molar-refractivity contribution is -0.119. The molecule has 7 heteroatoms. The summed E-state index contributed by atoms with van der Waals surface area (Å²) in [6.45, 7) is 1.58. The molecule has 5 nitrogen and oxygen atoms in total. The number of hydrogen-bond donors (Lipinski definition) is 1. The van der Waals surface area contributed by atoms with Gasteiger partial charge < -0.3 is 15.0 Å². The van der Waals surface area contributed by atoms with Gasteiger partial charge in [-0.3, -0.25) is 4.79 Å². The Bertz CT molecular complexity index is 805. The maximum Gasteiger partial charge on any atom is 0.341 e. The summed E-state index contributed by atoms with van der Waals surface area (Å²) in [4.78, 5) is 26.0. The van der Waals surface area contributed by atoms with E-state index in [1.54, 1.807) is 12.1 Å². The van der Waals surface area contributed by atoms with Gasteiger partial charge in [0.2, 0.25) is 0 Å². The van der Waals surface area contributed by atoms with Gasteiger partial charge >= 0.3 is 5.97 Å². The maximum absolute atomic E-state index is 13.6. The highest BCUT2D eigenvalue weighted by Gasteiger charge is 2.16. The molecule has 0 spiro atoms. The van der Waals surface area contributed by atoms with Crippen molar-refractivity contribution in [2.45, 2.75) is 12.8 Å². The summed E-state index contributed by atoms with van der Waals surface area (Å²) in [5.74, 6) is -2.21. The van der Waals surface area contributed by atoms with E-state index in [0.29, 0.717) is 5.69 Å². The van der Waals surface area contributed by atoms with Gasteiger partial charge in [0.25, 0.3) is 5.91 Å². The van der Waals surface area contributed by atoms with E-state index < -0.39 is 24.3 Å². The van der Waals surface area contributed by atoms with Gasteiger partial charge in [-0.25, -0.2) is 9.18 Å². The Hall–Kier alpha value is -2.60. The second-order valence-corrected chi connectivity index (χ2v) is 6.43. The van der Waals surface area contributed by atoms with Gasteiger partial charge in [-0.1, -0.05) is 11.6 Å². The van der Waals surface area contributed by atoms with E-state index in [-0.39, 0.29) is 10.6 Å². The van der Waals surface area contributed by atoms with Crippen LogP contribution < -0.4 is 10.2 Å². The lowest BCUT2D eigenvalue weighted by atomic mass is 10.2. The Kier molecular flexibility index (Phi) is 5.73. The SMILES string of the molecule is O=C(COC(=O)c1ccc(Cl)cc1F)Nc1ccc(N2CCCC2)cc1. The minimum absolute atomic E-state index is 0.175. The van der Waals surface area contributed by atoms with Crippen LogP contribution in [0, 0.1) is 5.82 Å². The Morgan fingerprint density at radius 1 is 1.12 bits per heavy atom. The van der Waals surface area contributed by atoms with Gasteiger partial charge in [0.15, 0.2) is 6.61 Å². The molecule has 2 aromatic carbocycles. The second kappa shape index (κ2) is 8.19. The molecule has 0 radical (unpaired) electrons. The molecule has 0 bridgehead atoms. The van der Waals surface area contributed by atoms with E-state index in [0.717, 1.165) is 24.8 Å². The van der Waals surface area contributed by atoms with E-state index in [2.05, 4.69) is 10.2 Å². The molecule has 0 aliphatic carbocycles.